The number of carbonyl (C=O) groups is 1. The summed E-state index contributed by atoms with van der Waals surface area (Å²) in [7, 11) is 0. The molecule has 0 aliphatic carbocycles. The number of aryl methyl sites for hydroxylation is 1. The molecule has 2 aromatic carbocycles. The van der Waals surface area contributed by atoms with Crippen LogP contribution >= 0.6 is 11.3 Å². The molecule has 7 nitrogen and oxygen atoms in total. The minimum absolute atomic E-state index is 0.0884. The number of benzene rings is 2. The van der Waals surface area contributed by atoms with Crippen LogP contribution in [0.3, 0.4) is 0 Å². The molecule has 0 saturated carbocycles. The first kappa shape index (κ1) is 16.2. The molecule has 0 radical (unpaired) electrons. The van der Waals surface area contributed by atoms with Gasteiger partial charge in [-0.3, -0.25) is 10.1 Å². The van der Waals surface area contributed by atoms with Crippen LogP contribution in [0.15, 0.2) is 54.6 Å². The molecule has 0 bridgehead atoms. The van der Waals surface area contributed by atoms with Gasteiger partial charge in [-0.1, -0.05) is 53.3 Å². The zero-order valence-corrected chi connectivity index (χ0v) is 14.7. The largest absolute Gasteiger partial charge is 0.484 e. The average Bonchev–Trinajstić information content (AvgIpc) is 3.21. The molecule has 4 rings (SSSR count). The van der Waals surface area contributed by atoms with Gasteiger partial charge in [0.05, 0.1) is 0 Å². The summed E-state index contributed by atoms with van der Waals surface area (Å²) in [6, 6.07) is 17.1. The molecule has 0 fully saturated rings. The van der Waals surface area contributed by atoms with Gasteiger partial charge in [0, 0.05) is 5.56 Å². The van der Waals surface area contributed by atoms with Gasteiger partial charge in [0.1, 0.15) is 5.75 Å². The molecule has 0 aliphatic heterocycles. The highest BCUT2D eigenvalue weighted by Gasteiger charge is 2.15. The Morgan fingerprint density at radius 2 is 2.00 bits per heavy atom. The highest BCUT2D eigenvalue weighted by Crippen LogP contribution is 2.24. The van der Waals surface area contributed by atoms with Crippen molar-refractivity contribution in [1.82, 2.24) is 19.8 Å². The number of nitrogens with one attached hydrogen (secondary N) is 1. The lowest BCUT2D eigenvalue weighted by Gasteiger charge is -2.04. The van der Waals surface area contributed by atoms with Crippen molar-refractivity contribution in [3.63, 3.8) is 0 Å². The molecule has 0 unspecified atom stereocenters. The van der Waals surface area contributed by atoms with E-state index in [9.17, 15) is 4.79 Å². The number of hydrogen-bond donors (Lipinski definition) is 1. The van der Waals surface area contributed by atoms with E-state index >= 15 is 0 Å². The first-order valence-electron chi connectivity index (χ1n) is 7.96. The lowest BCUT2D eigenvalue weighted by Crippen LogP contribution is -2.20. The summed E-state index contributed by atoms with van der Waals surface area (Å²) in [5.41, 5.74) is 2.05. The minimum atomic E-state index is -0.282. The summed E-state index contributed by atoms with van der Waals surface area (Å²) in [5, 5.41) is 15.9. The van der Waals surface area contributed by atoms with E-state index in [1.165, 1.54) is 11.3 Å². The Morgan fingerprint density at radius 3 is 2.81 bits per heavy atom. The summed E-state index contributed by atoms with van der Waals surface area (Å²) >= 11 is 1.26. The van der Waals surface area contributed by atoms with E-state index in [0.717, 1.165) is 11.1 Å². The second-order valence-electron chi connectivity index (χ2n) is 5.64. The first-order chi connectivity index (χ1) is 12.7. The van der Waals surface area contributed by atoms with Gasteiger partial charge < -0.3 is 4.74 Å². The minimum Gasteiger partial charge on any atom is -0.484 e. The lowest BCUT2D eigenvalue weighted by atomic mass is 10.1. The van der Waals surface area contributed by atoms with Crippen molar-refractivity contribution in [2.75, 3.05) is 11.9 Å². The summed E-state index contributed by atoms with van der Waals surface area (Å²) < 4.78 is 7.06. The molecule has 130 valence electrons. The molecular formula is C18H15N5O2S. The Labute approximate surface area is 153 Å². The van der Waals surface area contributed by atoms with Crippen molar-refractivity contribution in [2.45, 2.75) is 6.92 Å². The normalized spacial score (nSPS) is 10.8. The van der Waals surface area contributed by atoms with Gasteiger partial charge >= 0.3 is 0 Å². The molecule has 1 N–H and O–H groups in total. The van der Waals surface area contributed by atoms with Gasteiger partial charge in [-0.15, -0.1) is 15.3 Å². The monoisotopic (exact) mass is 365 g/mol. The van der Waals surface area contributed by atoms with Crippen LogP contribution in [0, 0.1) is 6.92 Å². The SMILES string of the molecule is Cc1cccc(-c2nnc3sc(NC(=O)COc4ccccc4)nn23)c1. The van der Waals surface area contributed by atoms with Crippen LogP contribution in [-0.2, 0) is 4.79 Å². The van der Waals surface area contributed by atoms with Crippen LogP contribution in [0.5, 0.6) is 5.75 Å². The van der Waals surface area contributed by atoms with Crippen LogP contribution in [0.1, 0.15) is 5.56 Å². The Kier molecular flexibility index (Phi) is 4.32. The number of hydrogen-bond acceptors (Lipinski definition) is 6. The molecule has 26 heavy (non-hydrogen) atoms. The number of aromatic nitrogens is 4. The second-order valence-corrected chi connectivity index (χ2v) is 6.60. The fourth-order valence-electron chi connectivity index (χ4n) is 2.45. The fourth-order valence-corrected chi connectivity index (χ4v) is 3.21. The highest BCUT2D eigenvalue weighted by molar-refractivity contribution is 7.20. The van der Waals surface area contributed by atoms with E-state index in [1.807, 2.05) is 49.4 Å². The third-order valence-electron chi connectivity index (χ3n) is 3.63. The van der Waals surface area contributed by atoms with Crippen LogP contribution in [0.25, 0.3) is 16.3 Å². The van der Waals surface area contributed by atoms with Crippen LogP contribution in [0.4, 0.5) is 5.13 Å². The van der Waals surface area contributed by atoms with Crippen molar-refractivity contribution in [1.29, 1.82) is 0 Å². The maximum atomic E-state index is 12.1. The molecular weight excluding hydrogens is 350 g/mol. The van der Waals surface area contributed by atoms with E-state index in [1.54, 1.807) is 16.6 Å². The van der Waals surface area contributed by atoms with Gasteiger partial charge in [-0.2, -0.15) is 4.52 Å². The average molecular weight is 365 g/mol. The number of anilines is 1. The molecule has 2 aromatic heterocycles. The van der Waals surface area contributed by atoms with Gasteiger partial charge in [-0.05, 0) is 25.1 Å². The molecule has 0 aliphatic rings. The summed E-state index contributed by atoms with van der Waals surface area (Å²) in [6.45, 7) is 1.93. The topological polar surface area (TPSA) is 81.4 Å². The molecule has 2 heterocycles. The number of fused-ring (bicyclic) bond motifs is 1. The maximum absolute atomic E-state index is 12.1. The predicted octanol–water partition coefficient (Wildman–Crippen LogP) is 3.18. The molecule has 4 aromatic rings. The number of nitrogens with zero attached hydrogens (tertiary/aromatic N) is 4. The summed E-state index contributed by atoms with van der Waals surface area (Å²) in [6.07, 6.45) is 0. The highest BCUT2D eigenvalue weighted by atomic mass is 32.1. The van der Waals surface area contributed by atoms with Gasteiger partial charge in [-0.25, -0.2) is 0 Å². The predicted molar refractivity (Wildman–Crippen MR) is 99.4 cm³/mol. The molecule has 1 amide bonds. The van der Waals surface area contributed by atoms with E-state index < -0.39 is 0 Å². The smallest absolute Gasteiger partial charge is 0.264 e. The zero-order valence-electron chi connectivity index (χ0n) is 13.9. The van der Waals surface area contributed by atoms with Gasteiger partial charge in [0.25, 0.3) is 5.91 Å². The number of carbonyl (C=O) groups excluding carboxylic acids is 1. The number of ether oxygens (including phenoxy) is 1. The Hall–Kier alpha value is -3.26. The zero-order chi connectivity index (χ0) is 17.9. The van der Waals surface area contributed by atoms with E-state index in [-0.39, 0.29) is 12.5 Å². The number of para-hydroxylation sites is 1. The second kappa shape index (κ2) is 6.93. The Morgan fingerprint density at radius 1 is 1.15 bits per heavy atom. The molecule has 0 saturated heterocycles. The molecule has 0 atom stereocenters. The van der Waals surface area contributed by atoms with Crippen LogP contribution < -0.4 is 10.1 Å². The van der Waals surface area contributed by atoms with Crippen molar-refractivity contribution >= 4 is 27.3 Å². The number of rotatable bonds is 5. The Bertz CT molecular complexity index is 1060. The van der Waals surface area contributed by atoms with E-state index in [0.29, 0.717) is 21.7 Å². The summed E-state index contributed by atoms with van der Waals surface area (Å²) in [4.78, 5) is 12.7. The van der Waals surface area contributed by atoms with Crippen LogP contribution in [0.2, 0.25) is 0 Å². The fraction of sp³-hybridized carbons (Fsp3) is 0.111. The van der Waals surface area contributed by atoms with Gasteiger partial charge in [0.2, 0.25) is 10.1 Å². The van der Waals surface area contributed by atoms with Crippen molar-refractivity contribution in [3.05, 3.63) is 60.2 Å². The first-order valence-corrected chi connectivity index (χ1v) is 8.78. The molecule has 0 spiro atoms. The van der Waals surface area contributed by atoms with E-state index in [2.05, 4.69) is 20.6 Å². The van der Waals surface area contributed by atoms with Crippen molar-refractivity contribution in [2.24, 2.45) is 0 Å². The van der Waals surface area contributed by atoms with Crippen molar-refractivity contribution < 1.29 is 9.53 Å². The third kappa shape index (κ3) is 3.40. The third-order valence-corrected chi connectivity index (χ3v) is 4.44. The quantitative estimate of drug-likeness (QED) is 0.587. The Balaban J connectivity index is 1.48. The lowest BCUT2D eigenvalue weighted by molar-refractivity contribution is -0.118. The van der Waals surface area contributed by atoms with Crippen LogP contribution in [-0.4, -0.2) is 32.3 Å². The van der Waals surface area contributed by atoms with Crippen molar-refractivity contribution in [3.8, 4) is 17.1 Å². The summed E-state index contributed by atoms with van der Waals surface area (Å²) in [5.74, 6) is 0.999. The number of amides is 1. The maximum Gasteiger partial charge on any atom is 0.264 e. The molecule has 8 heteroatoms. The standard InChI is InChI=1S/C18H15N5O2S/c1-12-6-5-7-13(10-12)16-20-21-18-23(16)22-17(26-18)19-15(24)11-25-14-8-3-2-4-9-14/h2-10H,11H2,1H3,(H,19,22,24). The van der Waals surface area contributed by atoms with E-state index in [4.69, 9.17) is 4.74 Å². The van der Waals surface area contributed by atoms with Gasteiger partial charge in [0.15, 0.2) is 12.4 Å².